The lowest BCUT2D eigenvalue weighted by Crippen LogP contribution is -2.29. The molecule has 0 unspecified atom stereocenters. The summed E-state index contributed by atoms with van der Waals surface area (Å²) in [6, 6.07) is 0. The fraction of sp³-hybridized carbons (Fsp3) is 0.833. The molecule has 0 saturated carbocycles. The largest absolute Gasteiger partial charge is 0.481 e. The van der Waals surface area contributed by atoms with E-state index in [2.05, 4.69) is 6.92 Å². The molecule has 5 heteroatoms. The van der Waals surface area contributed by atoms with Crippen molar-refractivity contribution in [3.63, 3.8) is 0 Å². The van der Waals surface area contributed by atoms with Crippen molar-refractivity contribution >= 4 is 11.9 Å². The van der Waals surface area contributed by atoms with Crippen LogP contribution in [0.1, 0.15) is 39.0 Å². The minimum absolute atomic E-state index is 0.0419. The van der Waals surface area contributed by atoms with E-state index < -0.39 is 5.97 Å². The van der Waals surface area contributed by atoms with Crippen LogP contribution in [0.3, 0.4) is 0 Å². The van der Waals surface area contributed by atoms with E-state index in [0.29, 0.717) is 13.2 Å². The van der Waals surface area contributed by atoms with Crippen molar-refractivity contribution in [2.24, 2.45) is 0 Å². The third kappa shape index (κ3) is 11.2. The van der Waals surface area contributed by atoms with Gasteiger partial charge in [0.05, 0.1) is 19.6 Å². The van der Waals surface area contributed by atoms with Gasteiger partial charge in [-0.25, -0.2) is 0 Å². The van der Waals surface area contributed by atoms with Gasteiger partial charge in [-0.1, -0.05) is 26.2 Å². The number of hydrogen-bond donors (Lipinski definition) is 1. The summed E-state index contributed by atoms with van der Waals surface area (Å²) in [6.45, 7) is 3.11. The number of esters is 1. The second-order valence-corrected chi connectivity index (χ2v) is 4.16. The quantitative estimate of drug-likeness (QED) is 0.467. The molecule has 0 saturated heterocycles. The molecule has 0 spiro atoms. The van der Waals surface area contributed by atoms with E-state index in [0.717, 1.165) is 25.7 Å². The number of rotatable bonds is 10. The molecular weight excluding hydrogens is 222 g/mol. The molecule has 5 nitrogen and oxygen atoms in total. The monoisotopic (exact) mass is 245 g/mol. The number of carboxylic acid groups (broad SMARTS) is 1. The molecule has 0 heterocycles. The van der Waals surface area contributed by atoms with Gasteiger partial charge in [-0.15, -0.1) is 0 Å². The van der Waals surface area contributed by atoms with Gasteiger partial charge in [0.25, 0.3) is 0 Å². The Balaban J connectivity index is 3.47. The first-order chi connectivity index (χ1) is 8.06. The number of aliphatic carboxylic acids is 1. The first kappa shape index (κ1) is 15.9. The summed E-state index contributed by atoms with van der Waals surface area (Å²) in [5.74, 6) is -1.14. The van der Waals surface area contributed by atoms with Crippen molar-refractivity contribution in [2.75, 3.05) is 26.7 Å². The maximum Gasteiger partial charge on any atom is 0.320 e. The Morgan fingerprint density at radius 1 is 1.24 bits per heavy atom. The summed E-state index contributed by atoms with van der Waals surface area (Å²) in [5, 5.41) is 8.48. The lowest BCUT2D eigenvalue weighted by molar-refractivity contribution is -0.145. The molecule has 0 aromatic rings. The smallest absolute Gasteiger partial charge is 0.320 e. The number of likely N-dealkylation sites (N-methyl/N-ethyl adjacent to an activating group) is 1. The SMILES string of the molecule is CCCCCCOC(=O)CN(C)CCC(=O)O. The standard InChI is InChI=1S/C12H23NO4/c1-3-4-5-6-9-17-12(16)10-13(2)8-7-11(14)15/h3-10H2,1-2H3,(H,14,15). The fourth-order valence-electron chi connectivity index (χ4n) is 1.35. The number of carboxylic acids is 1. The molecule has 0 rings (SSSR count). The molecule has 0 atom stereocenters. The van der Waals surface area contributed by atoms with Gasteiger partial charge in [0.2, 0.25) is 0 Å². The number of unbranched alkanes of at least 4 members (excludes halogenated alkanes) is 3. The van der Waals surface area contributed by atoms with Gasteiger partial charge in [0.1, 0.15) is 0 Å². The minimum atomic E-state index is -0.857. The van der Waals surface area contributed by atoms with Crippen LogP contribution in [0.15, 0.2) is 0 Å². The molecule has 0 bridgehead atoms. The van der Waals surface area contributed by atoms with E-state index in [1.54, 1.807) is 11.9 Å². The van der Waals surface area contributed by atoms with Crippen LogP contribution in [0.25, 0.3) is 0 Å². The number of carbonyl (C=O) groups is 2. The summed E-state index contributed by atoms with van der Waals surface area (Å²) >= 11 is 0. The number of carbonyl (C=O) groups excluding carboxylic acids is 1. The summed E-state index contributed by atoms with van der Waals surface area (Å²) in [6.07, 6.45) is 4.35. The van der Waals surface area contributed by atoms with Crippen molar-refractivity contribution in [3.05, 3.63) is 0 Å². The Bertz CT molecular complexity index is 231. The van der Waals surface area contributed by atoms with Crippen LogP contribution in [0.5, 0.6) is 0 Å². The maximum absolute atomic E-state index is 11.3. The van der Waals surface area contributed by atoms with E-state index in [9.17, 15) is 9.59 Å². The van der Waals surface area contributed by atoms with Crippen molar-refractivity contribution < 1.29 is 19.4 Å². The van der Waals surface area contributed by atoms with Crippen LogP contribution in [-0.4, -0.2) is 48.7 Å². The number of ether oxygens (including phenoxy) is 1. The van der Waals surface area contributed by atoms with E-state index in [1.807, 2.05) is 0 Å². The normalized spacial score (nSPS) is 10.5. The highest BCUT2D eigenvalue weighted by atomic mass is 16.5. The Labute approximate surface area is 103 Å². The molecule has 0 radical (unpaired) electrons. The predicted octanol–water partition coefficient (Wildman–Crippen LogP) is 1.52. The van der Waals surface area contributed by atoms with Crippen LogP contribution < -0.4 is 0 Å². The van der Waals surface area contributed by atoms with Gasteiger partial charge in [-0.2, -0.15) is 0 Å². The van der Waals surface area contributed by atoms with Gasteiger partial charge in [-0.05, 0) is 13.5 Å². The fourth-order valence-corrected chi connectivity index (χ4v) is 1.35. The zero-order valence-corrected chi connectivity index (χ0v) is 10.8. The van der Waals surface area contributed by atoms with Crippen molar-refractivity contribution in [1.82, 2.24) is 4.90 Å². The third-order valence-corrected chi connectivity index (χ3v) is 2.37. The zero-order chi connectivity index (χ0) is 13.1. The Hall–Kier alpha value is -1.10. The van der Waals surface area contributed by atoms with Gasteiger partial charge >= 0.3 is 11.9 Å². The summed E-state index contributed by atoms with van der Waals surface area (Å²) in [7, 11) is 1.71. The Morgan fingerprint density at radius 2 is 1.94 bits per heavy atom. The second kappa shape index (κ2) is 10.1. The van der Waals surface area contributed by atoms with E-state index in [-0.39, 0.29) is 18.9 Å². The van der Waals surface area contributed by atoms with Crippen molar-refractivity contribution in [1.29, 1.82) is 0 Å². The number of nitrogens with zero attached hydrogens (tertiary/aromatic N) is 1. The van der Waals surface area contributed by atoms with Crippen LogP contribution in [0.4, 0.5) is 0 Å². The average molecular weight is 245 g/mol. The molecule has 17 heavy (non-hydrogen) atoms. The van der Waals surface area contributed by atoms with Crippen LogP contribution in [-0.2, 0) is 14.3 Å². The van der Waals surface area contributed by atoms with Gasteiger partial charge in [-0.3, -0.25) is 14.5 Å². The molecule has 0 aromatic heterocycles. The molecule has 1 N–H and O–H groups in total. The average Bonchev–Trinajstić information content (AvgIpc) is 2.26. The maximum atomic E-state index is 11.3. The summed E-state index contributed by atoms with van der Waals surface area (Å²) in [4.78, 5) is 23.3. The summed E-state index contributed by atoms with van der Waals surface area (Å²) in [5.41, 5.74) is 0. The molecule has 100 valence electrons. The first-order valence-electron chi connectivity index (χ1n) is 6.12. The molecule has 0 aliphatic carbocycles. The Kier molecular flexibility index (Phi) is 9.43. The third-order valence-electron chi connectivity index (χ3n) is 2.37. The molecule has 0 fully saturated rings. The number of hydrogen-bond acceptors (Lipinski definition) is 4. The molecule has 0 aromatic carbocycles. The van der Waals surface area contributed by atoms with Gasteiger partial charge in [0, 0.05) is 6.54 Å². The van der Waals surface area contributed by atoms with E-state index >= 15 is 0 Å². The minimum Gasteiger partial charge on any atom is -0.481 e. The lowest BCUT2D eigenvalue weighted by atomic mass is 10.2. The lowest BCUT2D eigenvalue weighted by Gasteiger charge is -2.14. The summed E-state index contributed by atoms with van der Waals surface area (Å²) < 4.78 is 5.04. The molecular formula is C12H23NO4. The van der Waals surface area contributed by atoms with Crippen molar-refractivity contribution in [2.45, 2.75) is 39.0 Å². The van der Waals surface area contributed by atoms with Gasteiger partial charge < -0.3 is 9.84 Å². The van der Waals surface area contributed by atoms with E-state index in [1.165, 1.54) is 0 Å². The van der Waals surface area contributed by atoms with E-state index in [4.69, 9.17) is 9.84 Å². The Morgan fingerprint density at radius 3 is 2.53 bits per heavy atom. The molecule has 0 aliphatic heterocycles. The molecule has 0 amide bonds. The topological polar surface area (TPSA) is 66.8 Å². The van der Waals surface area contributed by atoms with Gasteiger partial charge in [0.15, 0.2) is 0 Å². The predicted molar refractivity (Wildman–Crippen MR) is 64.9 cm³/mol. The van der Waals surface area contributed by atoms with Crippen LogP contribution >= 0.6 is 0 Å². The first-order valence-corrected chi connectivity index (χ1v) is 6.12. The zero-order valence-electron chi connectivity index (χ0n) is 10.8. The molecule has 0 aliphatic rings. The highest BCUT2D eigenvalue weighted by Gasteiger charge is 2.08. The second-order valence-electron chi connectivity index (χ2n) is 4.16. The highest BCUT2D eigenvalue weighted by molar-refractivity contribution is 5.71. The van der Waals surface area contributed by atoms with Crippen LogP contribution in [0.2, 0.25) is 0 Å². The van der Waals surface area contributed by atoms with Crippen LogP contribution in [0, 0.1) is 0 Å². The highest BCUT2D eigenvalue weighted by Crippen LogP contribution is 1.99. The van der Waals surface area contributed by atoms with Crippen molar-refractivity contribution in [3.8, 4) is 0 Å².